The minimum Gasteiger partial charge on any atom is -0.394 e. The van der Waals surface area contributed by atoms with Gasteiger partial charge in [0.25, 0.3) is 0 Å². The molecule has 0 aromatic heterocycles. The van der Waals surface area contributed by atoms with E-state index in [0.29, 0.717) is 0 Å². The summed E-state index contributed by atoms with van der Waals surface area (Å²) in [5.74, 6) is -0.504. The molecule has 0 aromatic rings. The quantitative estimate of drug-likeness (QED) is 0.678. The van der Waals surface area contributed by atoms with Gasteiger partial charge in [0.15, 0.2) is 9.84 Å². The van der Waals surface area contributed by atoms with Gasteiger partial charge in [-0.05, 0) is 12.8 Å². The van der Waals surface area contributed by atoms with E-state index in [0.717, 1.165) is 6.26 Å². The van der Waals surface area contributed by atoms with Crippen molar-refractivity contribution in [3.63, 3.8) is 0 Å². The van der Waals surface area contributed by atoms with Gasteiger partial charge in [0.05, 0.1) is 12.6 Å². The second-order valence-corrected chi connectivity index (χ2v) is 6.38. The maximum atomic E-state index is 11.5. The van der Waals surface area contributed by atoms with Crippen LogP contribution in [0.25, 0.3) is 0 Å². The summed E-state index contributed by atoms with van der Waals surface area (Å²) in [4.78, 5) is 11.5. The van der Waals surface area contributed by atoms with Gasteiger partial charge in [-0.15, -0.1) is 0 Å². The molecule has 0 saturated heterocycles. The molecule has 2 atom stereocenters. The van der Waals surface area contributed by atoms with Gasteiger partial charge in [-0.25, -0.2) is 8.42 Å². The van der Waals surface area contributed by atoms with Crippen LogP contribution in [0.5, 0.6) is 0 Å². The molecule has 0 aliphatic heterocycles. The molecule has 0 spiro atoms. The fraction of sp³-hybridized carbons (Fsp3) is 0.889. The number of sulfone groups is 1. The lowest BCUT2D eigenvalue weighted by Crippen LogP contribution is -2.46. The van der Waals surface area contributed by atoms with E-state index >= 15 is 0 Å². The lowest BCUT2D eigenvalue weighted by atomic mass is 10.1. The van der Waals surface area contributed by atoms with E-state index in [1.807, 2.05) is 13.8 Å². The Hall–Kier alpha value is -0.620. The third-order valence-electron chi connectivity index (χ3n) is 2.34. The highest BCUT2D eigenvalue weighted by Gasteiger charge is 2.26. The third kappa shape index (κ3) is 4.61. The summed E-state index contributed by atoms with van der Waals surface area (Å²) in [5.41, 5.74) is 0. The Balaban J connectivity index is 4.49. The first-order chi connectivity index (χ1) is 6.70. The van der Waals surface area contributed by atoms with Crippen LogP contribution in [0, 0.1) is 5.92 Å². The lowest BCUT2D eigenvalue weighted by Gasteiger charge is -2.21. The standard InChI is InChI=1S/C9H19NO4S/c1-6(2)8(5-11)10-9(12)7(3)15(4,13)14/h6-8,11H,5H2,1-4H3,(H,10,12)/t7?,8-/m1/s1. The zero-order chi connectivity index (χ0) is 12.2. The molecule has 0 fully saturated rings. The fourth-order valence-corrected chi connectivity index (χ4v) is 1.37. The Labute approximate surface area is 90.8 Å². The highest BCUT2D eigenvalue weighted by molar-refractivity contribution is 7.92. The van der Waals surface area contributed by atoms with Crippen LogP contribution in [-0.4, -0.2) is 43.6 Å². The first-order valence-electron chi connectivity index (χ1n) is 4.80. The van der Waals surface area contributed by atoms with E-state index < -0.39 is 27.0 Å². The Bertz CT molecular complexity index is 310. The maximum absolute atomic E-state index is 11.5. The summed E-state index contributed by atoms with van der Waals surface area (Å²) in [6.45, 7) is 4.82. The smallest absolute Gasteiger partial charge is 0.238 e. The number of carbonyl (C=O) groups excluding carboxylic acids is 1. The highest BCUT2D eigenvalue weighted by Crippen LogP contribution is 2.03. The molecule has 0 aliphatic rings. The average Bonchev–Trinajstić information content (AvgIpc) is 2.10. The van der Waals surface area contributed by atoms with Gasteiger partial charge >= 0.3 is 0 Å². The van der Waals surface area contributed by atoms with Gasteiger partial charge in [0.1, 0.15) is 5.25 Å². The largest absolute Gasteiger partial charge is 0.394 e. The van der Waals surface area contributed by atoms with Crippen molar-refractivity contribution in [1.82, 2.24) is 5.32 Å². The topological polar surface area (TPSA) is 83.5 Å². The van der Waals surface area contributed by atoms with Gasteiger partial charge in [-0.1, -0.05) is 13.8 Å². The zero-order valence-corrected chi connectivity index (χ0v) is 10.3. The van der Waals surface area contributed by atoms with Gasteiger partial charge in [0, 0.05) is 6.26 Å². The van der Waals surface area contributed by atoms with Crippen LogP contribution < -0.4 is 5.32 Å². The van der Waals surface area contributed by atoms with Crippen LogP contribution in [0.15, 0.2) is 0 Å². The summed E-state index contributed by atoms with van der Waals surface area (Å²) >= 11 is 0. The third-order valence-corrected chi connectivity index (χ3v) is 3.84. The minimum absolute atomic E-state index is 0.0608. The molecule has 90 valence electrons. The first kappa shape index (κ1) is 14.4. The molecule has 0 heterocycles. The molecule has 0 bridgehead atoms. The van der Waals surface area contributed by atoms with Crippen molar-refractivity contribution in [2.75, 3.05) is 12.9 Å². The van der Waals surface area contributed by atoms with Crippen LogP contribution in [-0.2, 0) is 14.6 Å². The van der Waals surface area contributed by atoms with Crippen molar-refractivity contribution in [1.29, 1.82) is 0 Å². The fourth-order valence-electron chi connectivity index (χ4n) is 0.918. The molecule has 1 amide bonds. The molecule has 0 rings (SSSR count). The molecular weight excluding hydrogens is 218 g/mol. The summed E-state index contributed by atoms with van der Waals surface area (Å²) in [7, 11) is -3.38. The van der Waals surface area contributed by atoms with Crippen LogP contribution in [0.1, 0.15) is 20.8 Å². The Kier molecular flexibility index (Phi) is 5.23. The van der Waals surface area contributed by atoms with E-state index in [1.54, 1.807) is 0 Å². The minimum atomic E-state index is -3.38. The van der Waals surface area contributed by atoms with Crippen LogP contribution >= 0.6 is 0 Å². The average molecular weight is 237 g/mol. The summed E-state index contributed by atoms with van der Waals surface area (Å²) < 4.78 is 22.2. The van der Waals surface area contributed by atoms with Crippen LogP contribution in [0.2, 0.25) is 0 Å². The number of hydrogen-bond donors (Lipinski definition) is 2. The van der Waals surface area contributed by atoms with Crippen molar-refractivity contribution in [2.24, 2.45) is 5.92 Å². The van der Waals surface area contributed by atoms with Crippen LogP contribution in [0.3, 0.4) is 0 Å². The molecule has 1 unspecified atom stereocenters. The molecule has 0 saturated carbocycles. The SMILES string of the molecule is CC(C)[C@@H](CO)NC(=O)C(C)S(C)(=O)=O. The highest BCUT2D eigenvalue weighted by atomic mass is 32.2. The molecule has 15 heavy (non-hydrogen) atoms. The van der Waals surface area contributed by atoms with E-state index in [-0.39, 0.29) is 12.5 Å². The van der Waals surface area contributed by atoms with E-state index in [1.165, 1.54) is 6.92 Å². The number of aliphatic hydroxyl groups excluding tert-OH is 1. The zero-order valence-electron chi connectivity index (χ0n) is 9.52. The molecule has 5 nitrogen and oxygen atoms in total. The Morgan fingerprint density at radius 1 is 1.33 bits per heavy atom. The molecule has 0 radical (unpaired) electrons. The second-order valence-electron chi connectivity index (χ2n) is 4.01. The lowest BCUT2D eigenvalue weighted by molar-refractivity contribution is -0.121. The molecule has 6 heteroatoms. The summed E-state index contributed by atoms with van der Waals surface area (Å²) in [5, 5.41) is 10.4. The predicted octanol–water partition coefficient (Wildman–Crippen LogP) is -0.447. The summed E-state index contributed by atoms with van der Waals surface area (Å²) in [6.07, 6.45) is 1.01. The van der Waals surface area contributed by atoms with Crippen molar-refractivity contribution in [3.05, 3.63) is 0 Å². The summed E-state index contributed by atoms with van der Waals surface area (Å²) in [6, 6.07) is -0.401. The first-order valence-corrected chi connectivity index (χ1v) is 6.75. The normalized spacial score (nSPS) is 16.1. The van der Waals surface area contributed by atoms with E-state index in [9.17, 15) is 13.2 Å². The molecule has 2 N–H and O–H groups in total. The van der Waals surface area contributed by atoms with E-state index in [4.69, 9.17) is 5.11 Å². The number of rotatable bonds is 5. The monoisotopic (exact) mass is 237 g/mol. The van der Waals surface area contributed by atoms with E-state index in [2.05, 4.69) is 5.32 Å². The maximum Gasteiger partial charge on any atom is 0.238 e. The number of carbonyl (C=O) groups is 1. The second kappa shape index (κ2) is 5.46. The Morgan fingerprint density at radius 3 is 2.07 bits per heavy atom. The number of nitrogens with one attached hydrogen (secondary N) is 1. The van der Waals surface area contributed by atoms with Gasteiger partial charge < -0.3 is 10.4 Å². The van der Waals surface area contributed by atoms with Crippen molar-refractivity contribution >= 4 is 15.7 Å². The molecule has 0 aliphatic carbocycles. The van der Waals surface area contributed by atoms with Gasteiger partial charge in [-0.3, -0.25) is 4.79 Å². The molecule has 0 aromatic carbocycles. The van der Waals surface area contributed by atoms with Crippen LogP contribution in [0.4, 0.5) is 0 Å². The Morgan fingerprint density at radius 2 is 1.80 bits per heavy atom. The van der Waals surface area contributed by atoms with Crippen molar-refractivity contribution in [2.45, 2.75) is 32.1 Å². The van der Waals surface area contributed by atoms with Crippen molar-refractivity contribution < 1.29 is 18.3 Å². The van der Waals surface area contributed by atoms with Gasteiger partial charge in [-0.2, -0.15) is 0 Å². The predicted molar refractivity (Wildman–Crippen MR) is 58.2 cm³/mol. The number of hydrogen-bond acceptors (Lipinski definition) is 4. The number of aliphatic hydroxyl groups is 1. The number of amides is 1. The molecular formula is C9H19NO4S. The van der Waals surface area contributed by atoms with Gasteiger partial charge in [0.2, 0.25) is 5.91 Å². The van der Waals surface area contributed by atoms with Crippen molar-refractivity contribution in [3.8, 4) is 0 Å².